The number of nitrogens with zero attached hydrogens (tertiary/aromatic N) is 1. The van der Waals surface area contributed by atoms with Gasteiger partial charge in [-0.3, -0.25) is 4.79 Å². The maximum atomic E-state index is 11.6. The van der Waals surface area contributed by atoms with Gasteiger partial charge in [0.15, 0.2) is 0 Å². The maximum absolute atomic E-state index is 11.6. The van der Waals surface area contributed by atoms with E-state index in [9.17, 15) is 4.79 Å². The van der Waals surface area contributed by atoms with Gasteiger partial charge in [0.25, 0.3) is 5.56 Å². The summed E-state index contributed by atoms with van der Waals surface area (Å²) in [5, 5.41) is 4.98. The normalized spacial score (nSPS) is 10.4. The minimum atomic E-state index is -0.0752. The summed E-state index contributed by atoms with van der Waals surface area (Å²) in [6.45, 7) is 1.25. The Kier molecular flexibility index (Phi) is 3.34. The summed E-state index contributed by atoms with van der Waals surface area (Å²) in [5.41, 5.74) is 0.677. The predicted molar refractivity (Wildman–Crippen MR) is 65.4 cm³/mol. The van der Waals surface area contributed by atoms with E-state index in [-0.39, 0.29) is 5.56 Å². The number of thiophene rings is 1. The van der Waals surface area contributed by atoms with Crippen LogP contribution in [0, 0.1) is 12.3 Å². The van der Waals surface area contributed by atoms with Crippen LogP contribution in [0.1, 0.15) is 12.2 Å². The number of hydrogen-bond donors (Lipinski definition) is 2. The van der Waals surface area contributed by atoms with Gasteiger partial charge in [-0.25, -0.2) is 4.98 Å². The molecule has 0 saturated heterocycles. The number of hydrogen-bond acceptors (Lipinski definition) is 4. The van der Waals surface area contributed by atoms with E-state index in [0.717, 1.165) is 12.1 Å². The fourth-order valence-corrected chi connectivity index (χ4v) is 2.10. The second-order valence-corrected chi connectivity index (χ2v) is 4.19. The molecule has 0 atom stereocenters. The number of terminal acetylenes is 1. The molecular formula is C11H11N3OS. The highest BCUT2D eigenvalue weighted by Crippen LogP contribution is 2.13. The molecule has 2 N–H and O–H groups in total. The van der Waals surface area contributed by atoms with Crippen LogP contribution in [0.5, 0.6) is 0 Å². The predicted octanol–water partition coefficient (Wildman–Crippen LogP) is 1.10. The molecule has 16 heavy (non-hydrogen) atoms. The van der Waals surface area contributed by atoms with Crippen LogP contribution in [0.3, 0.4) is 0 Å². The summed E-state index contributed by atoms with van der Waals surface area (Å²) in [7, 11) is 0. The molecule has 5 heteroatoms. The molecule has 0 saturated carbocycles. The van der Waals surface area contributed by atoms with Crippen molar-refractivity contribution in [1.82, 2.24) is 15.3 Å². The molecule has 2 aromatic rings. The zero-order chi connectivity index (χ0) is 11.4. The van der Waals surface area contributed by atoms with Crippen molar-refractivity contribution < 1.29 is 0 Å². The lowest BCUT2D eigenvalue weighted by atomic mass is 10.4. The monoisotopic (exact) mass is 233 g/mol. The van der Waals surface area contributed by atoms with Gasteiger partial charge in [-0.05, 0) is 11.4 Å². The molecule has 0 unspecified atom stereocenters. The quantitative estimate of drug-likeness (QED) is 0.614. The summed E-state index contributed by atoms with van der Waals surface area (Å²) in [6.07, 6.45) is 5.80. The fraction of sp³-hybridized carbons (Fsp3) is 0.273. The van der Waals surface area contributed by atoms with Crippen LogP contribution < -0.4 is 10.9 Å². The Labute approximate surface area is 96.7 Å². The summed E-state index contributed by atoms with van der Waals surface area (Å²) >= 11 is 1.40. The number of fused-ring (bicyclic) bond motifs is 1. The van der Waals surface area contributed by atoms with E-state index >= 15 is 0 Å². The van der Waals surface area contributed by atoms with Crippen LogP contribution in [-0.4, -0.2) is 16.5 Å². The largest absolute Gasteiger partial charge is 0.309 e. The Balaban J connectivity index is 2.13. The lowest BCUT2D eigenvalue weighted by Gasteiger charge is -2.01. The Morgan fingerprint density at radius 3 is 3.31 bits per heavy atom. The van der Waals surface area contributed by atoms with E-state index in [1.165, 1.54) is 11.3 Å². The van der Waals surface area contributed by atoms with E-state index in [0.29, 0.717) is 23.5 Å². The summed E-state index contributed by atoms with van der Waals surface area (Å²) < 4.78 is 0.673. The van der Waals surface area contributed by atoms with E-state index in [4.69, 9.17) is 6.42 Å². The Morgan fingerprint density at radius 2 is 2.50 bits per heavy atom. The number of H-pyrrole nitrogens is 1. The van der Waals surface area contributed by atoms with Crippen molar-refractivity contribution >= 4 is 21.6 Å². The van der Waals surface area contributed by atoms with Gasteiger partial charge in [0.05, 0.1) is 12.1 Å². The fourth-order valence-electron chi connectivity index (χ4n) is 1.37. The minimum Gasteiger partial charge on any atom is -0.309 e. The van der Waals surface area contributed by atoms with Gasteiger partial charge in [-0.2, -0.15) is 0 Å². The summed E-state index contributed by atoms with van der Waals surface area (Å²) in [6, 6.07) is 1.85. The molecular weight excluding hydrogens is 222 g/mol. The van der Waals surface area contributed by atoms with Crippen molar-refractivity contribution in [3.8, 4) is 12.3 Å². The zero-order valence-corrected chi connectivity index (χ0v) is 9.43. The Hall–Kier alpha value is -1.64. The average molecular weight is 233 g/mol. The standard InChI is InChI=1S/C11H11N3OS/c1-2-3-5-12-7-9-13-8-4-6-16-10(8)11(15)14-9/h1,4,6,12H,3,5,7H2,(H,13,14,15). The molecule has 2 rings (SSSR count). The first-order valence-electron chi connectivity index (χ1n) is 4.92. The topological polar surface area (TPSA) is 57.8 Å². The Morgan fingerprint density at radius 1 is 1.62 bits per heavy atom. The van der Waals surface area contributed by atoms with Crippen molar-refractivity contribution in [2.24, 2.45) is 0 Å². The van der Waals surface area contributed by atoms with Crippen molar-refractivity contribution in [2.45, 2.75) is 13.0 Å². The maximum Gasteiger partial charge on any atom is 0.268 e. The third kappa shape index (κ3) is 2.30. The lowest BCUT2D eigenvalue weighted by Crippen LogP contribution is -2.19. The second-order valence-electron chi connectivity index (χ2n) is 3.28. The van der Waals surface area contributed by atoms with Gasteiger partial charge in [0, 0.05) is 13.0 Å². The van der Waals surface area contributed by atoms with E-state index in [1.54, 1.807) is 0 Å². The third-order valence-electron chi connectivity index (χ3n) is 2.10. The lowest BCUT2D eigenvalue weighted by molar-refractivity contribution is 0.671. The summed E-state index contributed by atoms with van der Waals surface area (Å²) in [4.78, 5) is 18.7. The van der Waals surface area contributed by atoms with Crippen LogP contribution in [0.15, 0.2) is 16.2 Å². The molecule has 0 radical (unpaired) electrons. The van der Waals surface area contributed by atoms with Gasteiger partial charge >= 0.3 is 0 Å². The molecule has 82 valence electrons. The van der Waals surface area contributed by atoms with Gasteiger partial charge in [0.2, 0.25) is 0 Å². The zero-order valence-electron chi connectivity index (χ0n) is 8.62. The molecule has 0 fully saturated rings. The molecule has 0 amide bonds. The number of aromatic nitrogens is 2. The molecule has 2 aromatic heterocycles. The SMILES string of the molecule is C#CCCNCc1nc2ccsc2c(=O)[nH]1. The van der Waals surface area contributed by atoms with Crippen LogP contribution in [0.4, 0.5) is 0 Å². The van der Waals surface area contributed by atoms with Gasteiger partial charge in [0.1, 0.15) is 10.5 Å². The molecule has 2 heterocycles. The highest BCUT2D eigenvalue weighted by molar-refractivity contribution is 7.17. The molecule has 4 nitrogen and oxygen atoms in total. The number of rotatable bonds is 4. The highest BCUT2D eigenvalue weighted by Gasteiger charge is 2.03. The van der Waals surface area contributed by atoms with Gasteiger partial charge in [-0.1, -0.05) is 0 Å². The van der Waals surface area contributed by atoms with Crippen molar-refractivity contribution in [3.05, 3.63) is 27.6 Å². The third-order valence-corrected chi connectivity index (χ3v) is 3.00. The molecule has 0 bridgehead atoms. The van der Waals surface area contributed by atoms with Gasteiger partial charge < -0.3 is 10.3 Å². The molecule has 0 spiro atoms. The van der Waals surface area contributed by atoms with E-state index in [2.05, 4.69) is 21.2 Å². The second kappa shape index (κ2) is 4.92. The van der Waals surface area contributed by atoms with Crippen LogP contribution in [0.25, 0.3) is 10.2 Å². The van der Waals surface area contributed by atoms with Crippen molar-refractivity contribution in [2.75, 3.05) is 6.54 Å². The number of aromatic amines is 1. The first-order chi connectivity index (χ1) is 7.81. The minimum absolute atomic E-state index is 0.0752. The van der Waals surface area contributed by atoms with Crippen LogP contribution in [0.2, 0.25) is 0 Å². The first-order valence-corrected chi connectivity index (χ1v) is 5.80. The molecule has 0 aliphatic heterocycles. The van der Waals surface area contributed by atoms with E-state index in [1.807, 2.05) is 11.4 Å². The molecule has 0 aliphatic rings. The molecule has 0 aromatic carbocycles. The Bertz CT molecular complexity index is 579. The summed E-state index contributed by atoms with van der Waals surface area (Å²) in [5.74, 6) is 3.18. The molecule has 0 aliphatic carbocycles. The van der Waals surface area contributed by atoms with Crippen molar-refractivity contribution in [3.63, 3.8) is 0 Å². The number of nitrogens with one attached hydrogen (secondary N) is 2. The van der Waals surface area contributed by atoms with Crippen LogP contribution >= 0.6 is 11.3 Å². The van der Waals surface area contributed by atoms with Crippen molar-refractivity contribution in [1.29, 1.82) is 0 Å². The first kappa shape index (κ1) is 10.9. The van der Waals surface area contributed by atoms with Crippen LogP contribution in [-0.2, 0) is 6.54 Å². The highest BCUT2D eigenvalue weighted by atomic mass is 32.1. The van der Waals surface area contributed by atoms with E-state index < -0.39 is 0 Å². The smallest absolute Gasteiger partial charge is 0.268 e. The van der Waals surface area contributed by atoms with Gasteiger partial charge in [-0.15, -0.1) is 23.7 Å². The average Bonchev–Trinajstić information content (AvgIpc) is 2.73.